The summed E-state index contributed by atoms with van der Waals surface area (Å²) in [6, 6.07) is 6.97. The van der Waals surface area contributed by atoms with Crippen molar-refractivity contribution >= 4 is 11.4 Å². The molecule has 2 aliphatic heterocycles. The van der Waals surface area contributed by atoms with Crippen molar-refractivity contribution in [3.05, 3.63) is 23.8 Å². The number of benzene rings is 1. The van der Waals surface area contributed by atoms with Crippen LogP contribution in [0.25, 0.3) is 0 Å². The van der Waals surface area contributed by atoms with Crippen molar-refractivity contribution in [2.45, 2.75) is 12.8 Å². The van der Waals surface area contributed by atoms with Gasteiger partial charge in [-0.25, -0.2) is 0 Å². The average molecular weight is 288 g/mol. The predicted molar refractivity (Wildman–Crippen MR) is 90.5 cm³/mol. The highest BCUT2D eigenvalue weighted by molar-refractivity contribution is 5.63. The fraction of sp³-hybridized carbons (Fsp3) is 0.647. The Morgan fingerprint density at radius 1 is 1.14 bits per heavy atom. The first-order chi connectivity index (χ1) is 10.2. The summed E-state index contributed by atoms with van der Waals surface area (Å²) in [5, 5.41) is 3.54. The van der Waals surface area contributed by atoms with Gasteiger partial charge in [0.15, 0.2) is 0 Å². The number of nitrogens with one attached hydrogen (secondary N) is 1. The Balaban J connectivity index is 1.57. The fourth-order valence-electron chi connectivity index (χ4n) is 3.22. The molecule has 0 radical (unpaired) electrons. The summed E-state index contributed by atoms with van der Waals surface area (Å²) < 4.78 is 0. The number of piperazine rings is 1. The zero-order valence-corrected chi connectivity index (χ0v) is 13.4. The van der Waals surface area contributed by atoms with Crippen LogP contribution in [0.3, 0.4) is 0 Å². The highest BCUT2D eigenvalue weighted by Gasteiger charge is 2.18. The van der Waals surface area contributed by atoms with Crippen LogP contribution in [-0.2, 0) is 6.42 Å². The van der Waals surface area contributed by atoms with Gasteiger partial charge < -0.3 is 15.1 Å². The highest BCUT2D eigenvalue weighted by atomic mass is 15.3. The lowest BCUT2D eigenvalue weighted by atomic mass is 10.0. The molecule has 0 aromatic heterocycles. The molecule has 4 heteroatoms. The van der Waals surface area contributed by atoms with Gasteiger partial charge in [-0.3, -0.25) is 4.90 Å². The smallest absolute Gasteiger partial charge is 0.0393 e. The molecule has 2 heterocycles. The lowest BCUT2D eigenvalue weighted by Gasteiger charge is -2.37. The minimum absolute atomic E-state index is 1.12. The second kappa shape index (κ2) is 6.67. The van der Waals surface area contributed by atoms with Gasteiger partial charge in [-0.2, -0.15) is 0 Å². The van der Waals surface area contributed by atoms with Crippen LogP contribution in [0.5, 0.6) is 0 Å². The van der Waals surface area contributed by atoms with Gasteiger partial charge in [0.25, 0.3) is 0 Å². The molecule has 1 aromatic carbocycles. The van der Waals surface area contributed by atoms with Gasteiger partial charge in [-0.15, -0.1) is 0 Å². The van der Waals surface area contributed by atoms with Gasteiger partial charge in [0.05, 0.1) is 0 Å². The molecule has 1 N–H and O–H groups in total. The van der Waals surface area contributed by atoms with Crippen molar-refractivity contribution in [2.24, 2.45) is 0 Å². The Bertz CT molecular complexity index is 464. The van der Waals surface area contributed by atoms with Crippen molar-refractivity contribution in [2.75, 3.05) is 70.1 Å². The normalized spacial score (nSPS) is 19.5. The van der Waals surface area contributed by atoms with Crippen LogP contribution in [0.4, 0.5) is 11.4 Å². The van der Waals surface area contributed by atoms with Crippen LogP contribution in [0.15, 0.2) is 18.2 Å². The van der Waals surface area contributed by atoms with Gasteiger partial charge in [-0.1, -0.05) is 6.07 Å². The maximum Gasteiger partial charge on any atom is 0.0393 e. The predicted octanol–water partition coefficient (Wildman–Crippen LogP) is 1.73. The molecule has 116 valence electrons. The molecule has 1 saturated heterocycles. The van der Waals surface area contributed by atoms with E-state index in [1.54, 1.807) is 0 Å². The van der Waals surface area contributed by atoms with Crippen molar-refractivity contribution in [3.63, 3.8) is 0 Å². The molecule has 1 fully saturated rings. The summed E-state index contributed by atoms with van der Waals surface area (Å²) in [6.45, 7) is 8.11. The van der Waals surface area contributed by atoms with Crippen molar-refractivity contribution in [1.29, 1.82) is 0 Å². The number of nitrogens with zero attached hydrogens (tertiary/aromatic N) is 3. The van der Waals surface area contributed by atoms with Crippen molar-refractivity contribution < 1.29 is 0 Å². The minimum atomic E-state index is 1.12. The second-order valence-electron chi connectivity index (χ2n) is 6.50. The molecule has 1 aromatic rings. The van der Waals surface area contributed by atoms with Crippen molar-refractivity contribution in [1.82, 2.24) is 9.80 Å². The van der Waals surface area contributed by atoms with Crippen LogP contribution in [0.2, 0.25) is 0 Å². The maximum atomic E-state index is 3.54. The topological polar surface area (TPSA) is 21.8 Å². The second-order valence-corrected chi connectivity index (χ2v) is 6.50. The average Bonchev–Trinajstić information content (AvgIpc) is 2.53. The van der Waals surface area contributed by atoms with Crippen LogP contribution in [-0.4, -0.2) is 69.7 Å². The molecule has 0 aliphatic carbocycles. The van der Waals surface area contributed by atoms with Gasteiger partial charge in [0.2, 0.25) is 0 Å². The van der Waals surface area contributed by atoms with Gasteiger partial charge >= 0.3 is 0 Å². The van der Waals surface area contributed by atoms with E-state index in [0.717, 1.165) is 26.2 Å². The Hall–Kier alpha value is -1.26. The zero-order chi connectivity index (χ0) is 14.7. The third kappa shape index (κ3) is 3.69. The molecule has 0 unspecified atom stereocenters. The molecule has 2 aliphatic rings. The molecule has 0 amide bonds. The van der Waals surface area contributed by atoms with E-state index in [9.17, 15) is 0 Å². The first-order valence-corrected chi connectivity index (χ1v) is 8.21. The Morgan fingerprint density at radius 3 is 2.71 bits per heavy atom. The molecule has 3 rings (SSSR count). The first-order valence-electron chi connectivity index (χ1n) is 8.21. The standard InChI is InChI=1S/C17H28N4/c1-19(2)8-9-20-10-12-21(13-11-20)16-6-5-15-4-3-7-18-17(15)14-16/h5-6,14,18H,3-4,7-13H2,1-2H3. The molecule has 0 spiro atoms. The van der Waals surface area contributed by atoms with Gasteiger partial charge in [0.1, 0.15) is 0 Å². The molecule has 21 heavy (non-hydrogen) atoms. The molecule has 0 atom stereocenters. The van der Waals surface area contributed by atoms with E-state index in [1.807, 2.05) is 0 Å². The van der Waals surface area contributed by atoms with E-state index in [0.29, 0.717) is 0 Å². The summed E-state index contributed by atoms with van der Waals surface area (Å²) in [6.07, 6.45) is 2.48. The van der Waals surface area contributed by atoms with E-state index in [1.165, 1.54) is 49.4 Å². The molecule has 0 bridgehead atoms. The summed E-state index contributed by atoms with van der Waals surface area (Å²) in [4.78, 5) is 7.37. The lowest BCUT2D eigenvalue weighted by molar-refractivity contribution is 0.229. The summed E-state index contributed by atoms with van der Waals surface area (Å²) in [7, 11) is 4.30. The molecule has 0 saturated carbocycles. The van der Waals surface area contributed by atoms with Crippen LogP contribution in [0.1, 0.15) is 12.0 Å². The maximum absolute atomic E-state index is 3.54. The molecular formula is C17H28N4. The van der Waals surface area contributed by atoms with Gasteiger partial charge in [-0.05, 0) is 44.6 Å². The van der Waals surface area contributed by atoms with E-state index < -0.39 is 0 Å². The Labute approximate surface area is 128 Å². The number of hydrogen-bond donors (Lipinski definition) is 1. The van der Waals surface area contributed by atoms with Crippen LogP contribution in [0, 0.1) is 0 Å². The Morgan fingerprint density at radius 2 is 1.95 bits per heavy atom. The fourth-order valence-corrected chi connectivity index (χ4v) is 3.22. The van der Waals surface area contributed by atoms with Crippen LogP contribution >= 0.6 is 0 Å². The third-order valence-corrected chi connectivity index (χ3v) is 4.63. The SMILES string of the molecule is CN(C)CCN1CCN(c2ccc3c(c2)NCCC3)CC1. The quantitative estimate of drug-likeness (QED) is 0.911. The van der Waals surface area contributed by atoms with Crippen LogP contribution < -0.4 is 10.2 Å². The number of likely N-dealkylation sites (N-methyl/N-ethyl adjacent to an activating group) is 1. The number of fused-ring (bicyclic) bond motifs is 1. The lowest BCUT2D eigenvalue weighted by Crippen LogP contribution is -2.48. The monoisotopic (exact) mass is 288 g/mol. The summed E-state index contributed by atoms with van der Waals surface area (Å²) in [5.74, 6) is 0. The van der Waals surface area contributed by atoms with E-state index >= 15 is 0 Å². The molecular weight excluding hydrogens is 260 g/mol. The number of hydrogen-bond acceptors (Lipinski definition) is 4. The zero-order valence-electron chi connectivity index (χ0n) is 13.4. The minimum Gasteiger partial charge on any atom is -0.385 e. The summed E-state index contributed by atoms with van der Waals surface area (Å²) in [5.41, 5.74) is 4.22. The largest absolute Gasteiger partial charge is 0.385 e. The Kier molecular flexibility index (Phi) is 4.66. The van der Waals surface area contributed by atoms with Gasteiger partial charge in [0, 0.05) is 57.2 Å². The third-order valence-electron chi connectivity index (χ3n) is 4.63. The first kappa shape index (κ1) is 14.7. The molecule has 4 nitrogen and oxygen atoms in total. The van der Waals surface area contributed by atoms with E-state index in [2.05, 4.69) is 52.3 Å². The van der Waals surface area contributed by atoms with Crippen molar-refractivity contribution in [3.8, 4) is 0 Å². The van der Waals surface area contributed by atoms with E-state index in [4.69, 9.17) is 0 Å². The number of rotatable bonds is 4. The van der Waals surface area contributed by atoms with E-state index in [-0.39, 0.29) is 0 Å². The summed E-state index contributed by atoms with van der Waals surface area (Å²) >= 11 is 0. The highest BCUT2D eigenvalue weighted by Crippen LogP contribution is 2.27. The number of aryl methyl sites for hydroxylation is 1. The number of anilines is 2.